The largest absolute Gasteiger partial charge is 0.356 e. The van der Waals surface area contributed by atoms with E-state index in [9.17, 15) is 0 Å². The summed E-state index contributed by atoms with van der Waals surface area (Å²) in [6.07, 6.45) is 1.04. The molecule has 2 aromatic rings. The summed E-state index contributed by atoms with van der Waals surface area (Å²) in [5, 5.41) is 7.38. The van der Waals surface area contributed by atoms with Gasteiger partial charge in [0.25, 0.3) is 0 Å². The van der Waals surface area contributed by atoms with Crippen LogP contribution in [-0.2, 0) is 0 Å². The maximum Gasteiger partial charge on any atom is 0.171 e. The van der Waals surface area contributed by atoms with Crippen LogP contribution in [0.1, 0.15) is 37.4 Å². The first-order valence-corrected chi connectivity index (χ1v) is 8.14. The summed E-state index contributed by atoms with van der Waals surface area (Å²) in [7, 11) is 0. The molecule has 0 fully saturated rings. The Morgan fingerprint density at radius 2 is 1.64 bits per heavy atom. The number of rotatable bonds is 5. The van der Waals surface area contributed by atoms with Crippen LogP contribution in [0.15, 0.2) is 54.6 Å². The van der Waals surface area contributed by atoms with E-state index >= 15 is 0 Å². The van der Waals surface area contributed by atoms with Gasteiger partial charge < -0.3 is 10.6 Å². The first-order chi connectivity index (χ1) is 10.5. The predicted molar refractivity (Wildman–Crippen MR) is 99.2 cm³/mol. The Labute approximate surface area is 139 Å². The van der Waals surface area contributed by atoms with Gasteiger partial charge in [-0.15, -0.1) is 0 Å². The molecule has 0 heterocycles. The molecule has 2 rings (SSSR count). The maximum absolute atomic E-state index is 5.48. The zero-order chi connectivity index (χ0) is 15.9. The fraction of sp³-hybridized carbons (Fsp3) is 0.316. The van der Waals surface area contributed by atoms with Crippen LogP contribution in [0.25, 0.3) is 0 Å². The molecule has 2 nitrogen and oxygen atoms in total. The highest BCUT2D eigenvalue weighted by atomic mass is 32.1. The van der Waals surface area contributed by atoms with E-state index in [-0.39, 0.29) is 6.04 Å². The van der Waals surface area contributed by atoms with Crippen LogP contribution in [0.5, 0.6) is 0 Å². The summed E-state index contributed by atoms with van der Waals surface area (Å²) < 4.78 is 0. The second-order valence-corrected chi connectivity index (χ2v) is 6.47. The zero-order valence-electron chi connectivity index (χ0n) is 13.5. The molecular weight excluding hydrogens is 288 g/mol. The lowest BCUT2D eigenvalue weighted by Gasteiger charge is -2.23. The van der Waals surface area contributed by atoms with Gasteiger partial charge in [0.15, 0.2) is 5.11 Å². The molecule has 0 aromatic heterocycles. The summed E-state index contributed by atoms with van der Waals surface area (Å²) in [5.41, 5.74) is 3.52. The third-order valence-corrected chi connectivity index (χ3v) is 3.74. The number of thiocarbonyl (C=S) groups is 1. The smallest absolute Gasteiger partial charge is 0.171 e. The standard InChI is InChI=1S/C19H24N2S/c1-14(2)13-18(16-7-5-4-6-8-16)21-19(22)20-17-11-9-15(3)10-12-17/h4-12,14,18H,13H2,1-3H3,(H2,20,21,22). The van der Waals surface area contributed by atoms with Crippen molar-refractivity contribution in [2.45, 2.75) is 33.2 Å². The summed E-state index contributed by atoms with van der Waals surface area (Å²) in [4.78, 5) is 0. The van der Waals surface area contributed by atoms with Gasteiger partial charge in [-0.1, -0.05) is 61.9 Å². The lowest BCUT2D eigenvalue weighted by Crippen LogP contribution is -2.33. The first-order valence-electron chi connectivity index (χ1n) is 7.73. The lowest BCUT2D eigenvalue weighted by molar-refractivity contribution is 0.481. The van der Waals surface area contributed by atoms with Crippen LogP contribution in [0.4, 0.5) is 5.69 Å². The Kier molecular flexibility index (Phi) is 5.96. The molecule has 116 valence electrons. The van der Waals surface area contributed by atoms with E-state index in [0.717, 1.165) is 12.1 Å². The Hall–Kier alpha value is -1.87. The highest BCUT2D eigenvalue weighted by molar-refractivity contribution is 7.80. The lowest BCUT2D eigenvalue weighted by atomic mass is 9.97. The second-order valence-electron chi connectivity index (χ2n) is 6.06. The van der Waals surface area contributed by atoms with E-state index in [1.165, 1.54) is 11.1 Å². The topological polar surface area (TPSA) is 24.1 Å². The van der Waals surface area contributed by atoms with Crippen molar-refractivity contribution in [1.29, 1.82) is 0 Å². The SMILES string of the molecule is Cc1ccc(NC(=S)NC(CC(C)C)c2ccccc2)cc1. The third-order valence-electron chi connectivity index (χ3n) is 3.52. The normalized spacial score (nSPS) is 12.0. The molecule has 1 unspecified atom stereocenters. The van der Waals surface area contributed by atoms with Gasteiger partial charge in [-0.2, -0.15) is 0 Å². The fourth-order valence-corrected chi connectivity index (χ4v) is 2.66. The minimum Gasteiger partial charge on any atom is -0.356 e. The van der Waals surface area contributed by atoms with Crippen LogP contribution in [-0.4, -0.2) is 5.11 Å². The number of hydrogen-bond donors (Lipinski definition) is 2. The van der Waals surface area contributed by atoms with Crippen LogP contribution in [0, 0.1) is 12.8 Å². The molecule has 0 bridgehead atoms. The van der Waals surface area contributed by atoms with E-state index in [4.69, 9.17) is 12.2 Å². The maximum atomic E-state index is 5.48. The van der Waals surface area contributed by atoms with Gasteiger partial charge in [0.2, 0.25) is 0 Å². The molecule has 0 saturated carbocycles. The van der Waals surface area contributed by atoms with Gasteiger partial charge in [-0.25, -0.2) is 0 Å². The molecule has 3 heteroatoms. The summed E-state index contributed by atoms with van der Waals surface area (Å²) >= 11 is 5.48. The van der Waals surface area contributed by atoms with E-state index in [1.54, 1.807) is 0 Å². The number of nitrogens with one attached hydrogen (secondary N) is 2. The quantitative estimate of drug-likeness (QED) is 0.754. The number of benzene rings is 2. The van der Waals surface area contributed by atoms with Crippen molar-refractivity contribution in [3.05, 3.63) is 65.7 Å². The minimum atomic E-state index is 0.228. The molecule has 1 atom stereocenters. The number of anilines is 1. The molecule has 0 radical (unpaired) electrons. The molecule has 0 spiro atoms. The molecular formula is C19H24N2S. The molecule has 2 N–H and O–H groups in total. The van der Waals surface area contributed by atoms with Crippen molar-refractivity contribution < 1.29 is 0 Å². The monoisotopic (exact) mass is 312 g/mol. The molecule has 0 aliphatic carbocycles. The van der Waals surface area contributed by atoms with Crippen molar-refractivity contribution >= 4 is 23.0 Å². The molecule has 0 amide bonds. The Bertz CT molecular complexity index is 591. The van der Waals surface area contributed by atoms with Crippen LogP contribution < -0.4 is 10.6 Å². The average Bonchev–Trinajstić information content (AvgIpc) is 2.49. The summed E-state index contributed by atoms with van der Waals surface area (Å²) in [6.45, 7) is 6.54. The van der Waals surface area contributed by atoms with Crippen LogP contribution >= 0.6 is 12.2 Å². The fourth-order valence-electron chi connectivity index (χ4n) is 2.40. The second kappa shape index (κ2) is 7.95. The Morgan fingerprint density at radius 3 is 2.23 bits per heavy atom. The Morgan fingerprint density at radius 1 is 1.00 bits per heavy atom. The van der Waals surface area contributed by atoms with Crippen LogP contribution in [0.3, 0.4) is 0 Å². The summed E-state index contributed by atoms with van der Waals surface area (Å²) in [6, 6.07) is 18.9. The molecule has 2 aromatic carbocycles. The van der Waals surface area contributed by atoms with Gasteiger partial charge in [0.05, 0.1) is 6.04 Å². The van der Waals surface area contributed by atoms with Gasteiger partial charge in [0.1, 0.15) is 0 Å². The molecule has 0 saturated heterocycles. The van der Waals surface area contributed by atoms with Crippen molar-refractivity contribution in [3.63, 3.8) is 0 Å². The van der Waals surface area contributed by atoms with Gasteiger partial charge in [-0.05, 0) is 49.2 Å². The van der Waals surface area contributed by atoms with E-state index < -0.39 is 0 Å². The van der Waals surface area contributed by atoms with E-state index in [2.05, 4.69) is 67.8 Å². The minimum absolute atomic E-state index is 0.228. The van der Waals surface area contributed by atoms with Gasteiger partial charge in [-0.3, -0.25) is 0 Å². The number of aryl methyl sites for hydroxylation is 1. The van der Waals surface area contributed by atoms with Crippen molar-refractivity contribution in [3.8, 4) is 0 Å². The summed E-state index contributed by atoms with van der Waals surface area (Å²) in [5.74, 6) is 0.597. The zero-order valence-corrected chi connectivity index (χ0v) is 14.3. The van der Waals surface area contributed by atoms with Crippen molar-refractivity contribution in [2.75, 3.05) is 5.32 Å². The van der Waals surface area contributed by atoms with Crippen LogP contribution in [0.2, 0.25) is 0 Å². The van der Waals surface area contributed by atoms with E-state index in [1.807, 2.05) is 18.2 Å². The Balaban J connectivity index is 2.03. The van der Waals surface area contributed by atoms with Gasteiger partial charge in [0, 0.05) is 5.69 Å². The van der Waals surface area contributed by atoms with Crippen molar-refractivity contribution in [2.24, 2.45) is 5.92 Å². The average molecular weight is 312 g/mol. The third kappa shape index (κ3) is 5.15. The molecule has 0 aliphatic heterocycles. The first kappa shape index (κ1) is 16.5. The molecule has 22 heavy (non-hydrogen) atoms. The van der Waals surface area contributed by atoms with Gasteiger partial charge >= 0.3 is 0 Å². The van der Waals surface area contributed by atoms with Crippen molar-refractivity contribution in [1.82, 2.24) is 5.32 Å². The molecule has 0 aliphatic rings. The highest BCUT2D eigenvalue weighted by Gasteiger charge is 2.14. The predicted octanol–water partition coefficient (Wildman–Crippen LogP) is 5.07. The number of hydrogen-bond acceptors (Lipinski definition) is 1. The highest BCUT2D eigenvalue weighted by Crippen LogP contribution is 2.21. The van der Waals surface area contributed by atoms with E-state index in [0.29, 0.717) is 11.0 Å².